The molecule has 0 radical (unpaired) electrons. The van der Waals surface area contributed by atoms with Gasteiger partial charge in [0.05, 0.1) is 17.5 Å². The number of hydrogen-bond donors (Lipinski definition) is 2. The number of carbonyl (C=O) groups is 2. The van der Waals surface area contributed by atoms with Gasteiger partial charge in [-0.15, -0.1) is 11.3 Å². The Balaban J connectivity index is 1.68. The molecular formula is C18H17N3O3S. The summed E-state index contributed by atoms with van der Waals surface area (Å²) in [6.45, 7) is 3.73. The molecule has 2 amide bonds. The SMILES string of the molecule is CC(=O)NCc1ccc(-c2csc(NC(=O)c3ccoc3C)n2)cc1. The van der Waals surface area contributed by atoms with E-state index in [0.29, 0.717) is 23.0 Å². The first kappa shape index (κ1) is 16.9. The third kappa shape index (κ3) is 4.13. The summed E-state index contributed by atoms with van der Waals surface area (Å²) in [5.74, 6) is 0.277. The van der Waals surface area contributed by atoms with Crippen LogP contribution in [-0.2, 0) is 11.3 Å². The molecule has 2 aromatic heterocycles. The average Bonchev–Trinajstić information content (AvgIpc) is 3.22. The summed E-state index contributed by atoms with van der Waals surface area (Å²) in [6, 6.07) is 9.40. The number of furan rings is 1. The van der Waals surface area contributed by atoms with Gasteiger partial charge >= 0.3 is 0 Å². The quantitative estimate of drug-likeness (QED) is 0.732. The van der Waals surface area contributed by atoms with E-state index in [9.17, 15) is 9.59 Å². The van der Waals surface area contributed by atoms with Crippen molar-refractivity contribution in [2.45, 2.75) is 20.4 Å². The summed E-state index contributed by atoms with van der Waals surface area (Å²) in [5.41, 5.74) is 3.25. The summed E-state index contributed by atoms with van der Waals surface area (Å²) in [7, 11) is 0. The van der Waals surface area contributed by atoms with Crippen molar-refractivity contribution >= 4 is 28.3 Å². The van der Waals surface area contributed by atoms with Crippen LogP contribution < -0.4 is 10.6 Å². The monoisotopic (exact) mass is 355 g/mol. The molecule has 0 atom stereocenters. The average molecular weight is 355 g/mol. The highest BCUT2D eigenvalue weighted by atomic mass is 32.1. The third-order valence-electron chi connectivity index (χ3n) is 3.62. The maximum absolute atomic E-state index is 12.2. The molecule has 0 spiro atoms. The molecule has 6 nitrogen and oxygen atoms in total. The molecular weight excluding hydrogens is 338 g/mol. The lowest BCUT2D eigenvalue weighted by molar-refractivity contribution is -0.119. The second kappa shape index (κ2) is 7.31. The number of amides is 2. The summed E-state index contributed by atoms with van der Waals surface area (Å²) >= 11 is 1.36. The number of rotatable bonds is 5. The topological polar surface area (TPSA) is 84.2 Å². The molecule has 1 aromatic carbocycles. The zero-order valence-electron chi connectivity index (χ0n) is 13.8. The van der Waals surface area contributed by atoms with Gasteiger partial charge < -0.3 is 9.73 Å². The molecule has 0 aliphatic rings. The number of benzene rings is 1. The lowest BCUT2D eigenvalue weighted by Gasteiger charge is -2.03. The van der Waals surface area contributed by atoms with Crippen molar-refractivity contribution in [3.8, 4) is 11.3 Å². The summed E-state index contributed by atoms with van der Waals surface area (Å²) < 4.78 is 5.14. The van der Waals surface area contributed by atoms with Crippen molar-refractivity contribution < 1.29 is 14.0 Å². The molecule has 0 bridgehead atoms. The predicted molar refractivity (Wildman–Crippen MR) is 96.5 cm³/mol. The number of nitrogens with one attached hydrogen (secondary N) is 2. The zero-order chi connectivity index (χ0) is 17.8. The van der Waals surface area contributed by atoms with Crippen LogP contribution in [0.3, 0.4) is 0 Å². The molecule has 0 saturated heterocycles. The van der Waals surface area contributed by atoms with Crippen LogP contribution in [0.25, 0.3) is 11.3 Å². The largest absolute Gasteiger partial charge is 0.469 e. The van der Waals surface area contributed by atoms with E-state index in [4.69, 9.17) is 4.42 Å². The van der Waals surface area contributed by atoms with Gasteiger partial charge in [-0.25, -0.2) is 4.98 Å². The van der Waals surface area contributed by atoms with Crippen molar-refractivity contribution in [1.82, 2.24) is 10.3 Å². The molecule has 7 heteroatoms. The van der Waals surface area contributed by atoms with Crippen molar-refractivity contribution in [2.75, 3.05) is 5.32 Å². The molecule has 3 aromatic rings. The highest BCUT2D eigenvalue weighted by Crippen LogP contribution is 2.25. The van der Waals surface area contributed by atoms with E-state index in [1.165, 1.54) is 24.5 Å². The number of aromatic nitrogens is 1. The first-order chi connectivity index (χ1) is 12.0. The van der Waals surface area contributed by atoms with E-state index >= 15 is 0 Å². The Morgan fingerprint density at radius 3 is 2.60 bits per heavy atom. The van der Waals surface area contributed by atoms with Crippen molar-refractivity contribution in [1.29, 1.82) is 0 Å². The fraction of sp³-hybridized carbons (Fsp3) is 0.167. The molecule has 0 unspecified atom stereocenters. The van der Waals surface area contributed by atoms with Gasteiger partial charge in [-0.2, -0.15) is 0 Å². The van der Waals surface area contributed by atoms with Crippen LogP contribution >= 0.6 is 11.3 Å². The van der Waals surface area contributed by atoms with Gasteiger partial charge in [0.15, 0.2) is 5.13 Å². The van der Waals surface area contributed by atoms with E-state index in [1.807, 2.05) is 29.6 Å². The highest BCUT2D eigenvalue weighted by Gasteiger charge is 2.13. The lowest BCUT2D eigenvalue weighted by Crippen LogP contribution is -2.18. The van der Waals surface area contributed by atoms with Crippen LogP contribution in [0.15, 0.2) is 46.4 Å². The van der Waals surface area contributed by atoms with Crippen LogP contribution in [0.2, 0.25) is 0 Å². The standard InChI is InChI=1S/C18H17N3O3S/c1-11-15(7-8-24-11)17(23)21-18-20-16(10-25-18)14-5-3-13(4-6-14)9-19-12(2)22/h3-8,10H,9H2,1-2H3,(H,19,22)(H,20,21,23). The van der Waals surface area contributed by atoms with Gasteiger partial charge in [-0.05, 0) is 18.6 Å². The summed E-state index contributed by atoms with van der Waals surface area (Å²) in [6.07, 6.45) is 1.49. The zero-order valence-corrected chi connectivity index (χ0v) is 14.6. The van der Waals surface area contributed by atoms with Crippen LogP contribution in [0.4, 0.5) is 5.13 Å². The van der Waals surface area contributed by atoms with E-state index in [1.54, 1.807) is 13.0 Å². The Bertz CT molecular complexity index is 896. The number of anilines is 1. The van der Waals surface area contributed by atoms with Gasteiger partial charge in [0.25, 0.3) is 5.91 Å². The minimum Gasteiger partial charge on any atom is -0.469 e. The van der Waals surface area contributed by atoms with Gasteiger partial charge in [0, 0.05) is 24.4 Å². The fourth-order valence-electron chi connectivity index (χ4n) is 2.27. The van der Waals surface area contributed by atoms with Gasteiger partial charge in [0.2, 0.25) is 5.91 Å². The van der Waals surface area contributed by atoms with E-state index in [2.05, 4.69) is 15.6 Å². The molecule has 3 rings (SSSR count). The van der Waals surface area contributed by atoms with Crippen LogP contribution in [0.1, 0.15) is 28.6 Å². The summed E-state index contributed by atoms with van der Waals surface area (Å²) in [5, 5.41) is 7.96. The second-order valence-electron chi connectivity index (χ2n) is 5.49. The van der Waals surface area contributed by atoms with E-state index < -0.39 is 0 Å². The molecule has 0 fully saturated rings. The molecule has 25 heavy (non-hydrogen) atoms. The Kier molecular flexibility index (Phi) is 4.95. The van der Waals surface area contributed by atoms with Crippen LogP contribution in [0, 0.1) is 6.92 Å². The fourth-order valence-corrected chi connectivity index (χ4v) is 2.98. The predicted octanol–water partition coefficient (Wildman–Crippen LogP) is 3.60. The lowest BCUT2D eigenvalue weighted by atomic mass is 10.1. The normalized spacial score (nSPS) is 10.5. The molecule has 2 heterocycles. The molecule has 0 aliphatic carbocycles. The van der Waals surface area contributed by atoms with Gasteiger partial charge in [-0.3, -0.25) is 14.9 Å². The Hall–Kier alpha value is -2.93. The number of aryl methyl sites for hydroxylation is 1. The number of nitrogens with zero attached hydrogens (tertiary/aromatic N) is 1. The summed E-state index contributed by atoms with van der Waals surface area (Å²) in [4.78, 5) is 27.6. The smallest absolute Gasteiger partial charge is 0.260 e. The minimum atomic E-state index is -0.238. The Labute approximate surface area is 148 Å². The Morgan fingerprint density at radius 1 is 1.20 bits per heavy atom. The maximum Gasteiger partial charge on any atom is 0.260 e. The van der Waals surface area contributed by atoms with E-state index in [-0.39, 0.29) is 11.8 Å². The van der Waals surface area contributed by atoms with Crippen molar-refractivity contribution in [2.24, 2.45) is 0 Å². The maximum atomic E-state index is 12.2. The van der Waals surface area contributed by atoms with Gasteiger partial charge in [-0.1, -0.05) is 24.3 Å². The number of hydrogen-bond acceptors (Lipinski definition) is 5. The number of carbonyl (C=O) groups excluding carboxylic acids is 2. The number of thiazole rings is 1. The van der Waals surface area contributed by atoms with Crippen LogP contribution in [0.5, 0.6) is 0 Å². The van der Waals surface area contributed by atoms with E-state index in [0.717, 1.165) is 16.8 Å². The first-order valence-electron chi connectivity index (χ1n) is 7.67. The minimum absolute atomic E-state index is 0.0585. The third-order valence-corrected chi connectivity index (χ3v) is 4.38. The molecule has 128 valence electrons. The second-order valence-corrected chi connectivity index (χ2v) is 6.35. The van der Waals surface area contributed by atoms with Gasteiger partial charge in [0.1, 0.15) is 5.76 Å². The first-order valence-corrected chi connectivity index (χ1v) is 8.55. The van der Waals surface area contributed by atoms with Crippen molar-refractivity contribution in [3.05, 3.63) is 58.9 Å². The Morgan fingerprint density at radius 2 is 1.96 bits per heavy atom. The highest BCUT2D eigenvalue weighted by molar-refractivity contribution is 7.14. The molecule has 2 N–H and O–H groups in total. The van der Waals surface area contributed by atoms with Crippen molar-refractivity contribution in [3.63, 3.8) is 0 Å². The van der Waals surface area contributed by atoms with Crippen LogP contribution in [-0.4, -0.2) is 16.8 Å². The molecule has 0 aliphatic heterocycles. The molecule has 0 saturated carbocycles.